The minimum absolute atomic E-state index is 0.122. The van der Waals surface area contributed by atoms with Gasteiger partial charge < -0.3 is 4.81 Å². The van der Waals surface area contributed by atoms with Gasteiger partial charge in [0.25, 0.3) is 0 Å². The number of allylic oxidation sites excluding steroid dienone is 4. The van der Waals surface area contributed by atoms with Gasteiger partial charge in [-0.3, -0.25) is 13.6 Å². The molecule has 1 aromatic heterocycles. The number of nitriles is 1. The second-order valence-corrected chi connectivity index (χ2v) is 3.47. The Labute approximate surface area is 104 Å². The Morgan fingerprint density at radius 3 is 2.78 bits per heavy atom. The van der Waals surface area contributed by atoms with Crippen LogP contribution in [0.15, 0.2) is 54.5 Å². The largest absolute Gasteiger partial charge is 0.677 e. The normalized spacial score (nSPS) is 16.4. The lowest BCUT2D eigenvalue weighted by atomic mass is 10.0. The van der Waals surface area contributed by atoms with Gasteiger partial charge in [-0.2, -0.15) is 5.26 Å². The van der Waals surface area contributed by atoms with E-state index in [1.54, 1.807) is 24.3 Å². The molecule has 1 aliphatic rings. The predicted octanol–water partition coefficient (Wildman–Crippen LogP) is 2.63. The lowest BCUT2D eigenvalue weighted by molar-refractivity contribution is 0.523. The highest BCUT2D eigenvalue weighted by Crippen LogP contribution is 2.24. The van der Waals surface area contributed by atoms with Gasteiger partial charge in [0.1, 0.15) is 11.6 Å². The molecule has 0 radical (unpaired) electrons. The molecule has 0 fully saturated rings. The minimum atomic E-state index is -2.70. The zero-order valence-corrected chi connectivity index (χ0v) is 9.29. The van der Waals surface area contributed by atoms with Crippen molar-refractivity contribution < 1.29 is 8.63 Å². The van der Waals surface area contributed by atoms with E-state index in [0.29, 0.717) is 5.69 Å². The van der Waals surface area contributed by atoms with E-state index in [1.165, 1.54) is 24.5 Å². The lowest BCUT2D eigenvalue weighted by Crippen LogP contribution is -2.28. The summed E-state index contributed by atoms with van der Waals surface area (Å²) in [5.74, 6) is 0. The number of hydrogen-bond acceptors (Lipinski definition) is 3. The van der Waals surface area contributed by atoms with Gasteiger partial charge in [0, 0.05) is 6.20 Å². The van der Waals surface area contributed by atoms with Crippen molar-refractivity contribution in [2.45, 2.75) is 0 Å². The van der Waals surface area contributed by atoms with E-state index >= 15 is 0 Å². The van der Waals surface area contributed by atoms with Crippen molar-refractivity contribution in [3.05, 3.63) is 60.2 Å². The van der Waals surface area contributed by atoms with Crippen LogP contribution in [0, 0.1) is 11.3 Å². The zero-order chi connectivity index (χ0) is 13.0. The maximum atomic E-state index is 12.9. The van der Waals surface area contributed by atoms with Crippen molar-refractivity contribution in [3.63, 3.8) is 0 Å². The van der Waals surface area contributed by atoms with Crippen LogP contribution in [0.25, 0.3) is 5.57 Å². The van der Waals surface area contributed by atoms with E-state index in [2.05, 4.69) is 4.98 Å². The first kappa shape index (κ1) is 12.1. The summed E-state index contributed by atoms with van der Waals surface area (Å²) in [4.78, 5) is 4.75. The highest BCUT2D eigenvalue weighted by atomic mass is 19.2. The van der Waals surface area contributed by atoms with Crippen molar-refractivity contribution in [2.75, 3.05) is 0 Å². The van der Waals surface area contributed by atoms with Crippen LogP contribution in [-0.4, -0.2) is 17.2 Å². The molecule has 2 heterocycles. The SMILES string of the molecule is N#C/C(=C1/C=CC=CN1B(F)F)c1ccccn1. The molecule has 1 aromatic rings. The molecule has 0 bridgehead atoms. The minimum Gasteiger partial charge on any atom is -0.331 e. The standard InChI is InChI=1S/C12H8BF2N3/c14-13(15)18-8-4-2-6-12(18)10(9-16)11-5-1-3-7-17-11/h1-8H/b12-10+. The van der Waals surface area contributed by atoms with Crippen LogP contribution >= 0.6 is 0 Å². The third-order valence-corrected chi connectivity index (χ3v) is 2.39. The van der Waals surface area contributed by atoms with E-state index in [4.69, 9.17) is 5.26 Å². The van der Waals surface area contributed by atoms with Crippen LogP contribution < -0.4 is 0 Å². The molecule has 0 aliphatic carbocycles. The van der Waals surface area contributed by atoms with E-state index in [0.717, 1.165) is 4.81 Å². The van der Waals surface area contributed by atoms with Gasteiger partial charge in [0.05, 0.1) is 11.4 Å². The van der Waals surface area contributed by atoms with Crippen molar-refractivity contribution in [3.8, 4) is 6.07 Å². The predicted molar refractivity (Wildman–Crippen MR) is 64.9 cm³/mol. The molecule has 6 heteroatoms. The van der Waals surface area contributed by atoms with Crippen molar-refractivity contribution in [2.24, 2.45) is 0 Å². The Bertz CT molecular complexity index is 558. The van der Waals surface area contributed by atoms with Crippen LogP contribution in [0.3, 0.4) is 0 Å². The summed E-state index contributed by atoms with van der Waals surface area (Å²) in [6, 6.07) is 6.95. The van der Waals surface area contributed by atoms with Gasteiger partial charge in [-0.25, -0.2) is 0 Å². The summed E-state index contributed by atoms with van der Waals surface area (Å²) in [6.07, 6.45) is 7.32. The van der Waals surface area contributed by atoms with Gasteiger partial charge in [0.2, 0.25) is 0 Å². The van der Waals surface area contributed by atoms with Crippen molar-refractivity contribution >= 4 is 13.0 Å². The summed E-state index contributed by atoms with van der Waals surface area (Å²) in [6.45, 7) is 0. The summed E-state index contributed by atoms with van der Waals surface area (Å²) in [5.41, 5.74) is 0.644. The van der Waals surface area contributed by atoms with Crippen LogP contribution in [0.1, 0.15) is 5.69 Å². The summed E-state index contributed by atoms with van der Waals surface area (Å²) < 4.78 is 25.7. The maximum Gasteiger partial charge on any atom is 0.677 e. The van der Waals surface area contributed by atoms with Crippen molar-refractivity contribution in [1.29, 1.82) is 5.26 Å². The van der Waals surface area contributed by atoms with Crippen LogP contribution in [-0.2, 0) is 0 Å². The fourth-order valence-corrected chi connectivity index (χ4v) is 1.59. The first-order chi connectivity index (χ1) is 8.74. The third-order valence-electron chi connectivity index (χ3n) is 2.39. The molecule has 18 heavy (non-hydrogen) atoms. The molecular formula is C12H8BF2N3. The second-order valence-electron chi connectivity index (χ2n) is 3.47. The molecule has 2 rings (SSSR count). The molecule has 0 amide bonds. The monoisotopic (exact) mass is 243 g/mol. The Morgan fingerprint density at radius 2 is 2.17 bits per heavy atom. The summed E-state index contributed by atoms with van der Waals surface area (Å²) in [5, 5.41) is 9.15. The average Bonchev–Trinajstić information content (AvgIpc) is 2.41. The number of nitrogens with zero attached hydrogens (tertiary/aromatic N) is 3. The summed E-state index contributed by atoms with van der Waals surface area (Å²) in [7, 11) is -2.70. The highest BCUT2D eigenvalue weighted by molar-refractivity contribution is 6.40. The number of halogens is 2. The van der Waals surface area contributed by atoms with Crippen LogP contribution in [0.2, 0.25) is 0 Å². The summed E-state index contributed by atoms with van der Waals surface area (Å²) >= 11 is 0. The molecule has 0 unspecified atom stereocenters. The molecule has 1 aliphatic heterocycles. The Kier molecular flexibility index (Phi) is 3.53. The van der Waals surface area contributed by atoms with E-state index in [-0.39, 0.29) is 11.3 Å². The van der Waals surface area contributed by atoms with Crippen LogP contribution in [0.5, 0.6) is 0 Å². The molecule has 88 valence electrons. The molecule has 0 saturated carbocycles. The van der Waals surface area contributed by atoms with Gasteiger partial charge in [-0.1, -0.05) is 12.1 Å². The molecule has 0 saturated heterocycles. The number of hydrogen-bond donors (Lipinski definition) is 0. The fourth-order valence-electron chi connectivity index (χ4n) is 1.59. The molecular weight excluding hydrogens is 235 g/mol. The third kappa shape index (κ3) is 2.30. The maximum absolute atomic E-state index is 12.9. The van der Waals surface area contributed by atoms with Gasteiger partial charge >= 0.3 is 7.40 Å². The zero-order valence-electron chi connectivity index (χ0n) is 9.29. The first-order valence-electron chi connectivity index (χ1n) is 5.21. The van der Waals surface area contributed by atoms with E-state index in [1.807, 2.05) is 6.07 Å². The Balaban J connectivity index is 2.53. The van der Waals surface area contributed by atoms with Gasteiger partial charge in [0.15, 0.2) is 0 Å². The quantitative estimate of drug-likeness (QED) is 0.592. The number of rotatable bonds is 2. The van der Waals surface area contributed by atoms with E-state index in [9.17, 15) is 8.63 Å². The molecule has 0 N–H and O–H groups in total. The molecule has 0 aromatic carbocycles. The first-order valence-corrected chi connectivity index (χ1v) is 5.21. The molecule has 0 spiro atoms. The van der Waals surface area contributed by atoms with Crippen molar-refractivity contribution in [1.82, 2.24) is 9.79 Å². The van der Waals surface area contributed by atoms with Crippen LogP contribution in [0.4, 0.5) is 8.63 Å². The van der Waals surface area contributed by atoms with E-state index < -0.39 is 7.40 Å². The van der Waals surface area contributed by atoms with Gasteiger partial charge in [-0.05, 0) is 30.5 Å². The number of pyridine rings is 1. The average molecular weight is 243 g/mol. The second kappa shape index (κ2) is 5.28. The smallest absolute Gasteiger partial charge is 0.331 e. The Morgan fingerprint density at radius 1 is 1.33 bits per heavy atom. The number of aromatic nitrogens is 1. The lowest BCUT2D eigenvalue weighted by Gasteiger charge is -2.21. The topological polar surface area (TPSA) is 39.9 Å². The molecule has 3 nitrogen and oxygen atoms in total. The van der Waals surface area contributed by atoms with Gasteiger partial charge in [-0.15, -0.1) is 0 Å². The highest BCUT2D eigenvalue weighted by Gasteiger charge is 2.28. The fraction of sp³-hybridized carbons (Fsp3) is 0. The molecule has 0 atom stereocenters. The Hall–Kier alpha value is -2.42.